The highest BCUT2D eigenvalue weighted by Crippen LogP contribution is 2.20. The lowest BCUT2D eigenvalue weighted by Crippen LogP contribution is -2.24. The van der Waals surface area contributed by atoms with Gasteiger partial charge >= 0.3 is 0 Å². The lowest BCUT2D eigenvalue weighted by molar-refractivity contribution is 0.588. The summed E-state index contributed by atoms with van der Waals surface area (Å²) in [6.07, 6.45) is 0.846. The second kappa shape index (κ2) is 5.83. The summed E-state index contributed by atoms with van der Waals surface area (Å²) in [4.78, 5) is 10.9. The molecule has 6 nitrogen and oxygen atoms in total. The van der Waals surface area contributed by atoms with Crippen LogP contribution in [-0.2, 0) is 6.42 Å². The van der Waals surface area contributed by atoms with Crippen molar-refractivity contribution in [1.29, 1.82) is 0 Å². The number of nitrogens with one attached hydrogen (secondary N) is 2. The fraction of sp³-hybridized carbons (Fsp3) is 0.455. The Kier molecular flexibility index (Phi) is 4.16. The lowest BCUT2D eigenvalue weighted by Gasteiger charge is -2.04. The molecule has 2 aromatic heterocycles. The molecule has 0 atom stereocenters. The van der Waals surface area contributed by atoms with Crippen molar-refractivity contribution < 1.29 is 0 Å². The van der Waals surface area contributed by atoms with Gasteiger partial charge in [-0.2, -0.15) is 5.10 Å². The van der Waals surface area contributed by atoms with Crippen LogP contribution in [-0.4, -0.2) is 33.0 Å². The molecular weight excluding hydrogens is 250 g/mol. The van der Waals surface area contributed by atoms with E-state index in [1.807, 2.05) is 0 Å². The monoisotopic (exact) mass is 265 g/mol. The third-order valence-corrected chi connectivity index (χ3v) is 3.26. The molecule has 96 valence electrons. The molecule has 0 saturated carbocycles. The van der Waals surface area contributed by atoms with Gasteiger partial charge in [0.2, 0.25) is 0 Å². The molecule has 0 unspecified atom stereocenters. The van der Waals surface area contributed by atoms with E-state index in [0.29, 0.717) is 11.7 Å². The van der Waals surface area contributed by atoms with Crippen molar-refractivity contribution in [3.8, 4) is 10.7 Å². The number of aromatic nitrogens is 4. The summed E-state index contributed by atoms with van der Waals surface area (Å²) >= 11 is 1.50. The highest BCUT2D eigenvalue weighted by Gasteiger charge is 2.07. The fourth-order valence-corrected chi connectivity index (χ4v) is 2.20. The van der Waals surface area contributed by atoms with Crippen LogP contribution in [0.4, 0.5) is 0 Å². The zero-order valence-electron chi connectivity index (χ0n) is 10.3. The van der Waals surface area contributed by atoms with Crippen molar-refractivity contribution in [3.63, 3.8) is 0 Å². The summed E-state index contributed by atoms with van der Waals surface area (Å²) in [6, 6.07) is 3.55. The zero-order chi connectivity index (χ0) is 13.0. The van der Waals surface area contributed by atoms with Gasteiger partial charge in [0.15, 0.2) is 5.01 Å². The zero-order valence-corrected chi connectivity index (χ0v) is 11.1. The molecule has 0 fully saturated rings. The van der Waals surface area contributed by atoms with Gasteiger partial charge in [-0.15, -0.1) is 10.2 Å². The van der Waals surface area contributed by atoms with Crippen molar-refractivity contribution in [2.24, 2.45) is 0 Å². The predicted octanol–water partition coefficient (Wildman–Crippen LogP) is 0.829. The van der Waals surface area contributed by atoms with Crippen LogP contribution in [0.25, 0.3) is 10.7 Å². The SMILES string of the molecule is CC(C)NCCc1nnc(-c2ccc(=O)[nH]n2)s1. The summed E-state index contributed by atoms with van der Waals surface area (Å²) < 4.78 is 0. The molecular formula is C11H15N5OS. The molecule has 0 aliphatic carbocycles. The first-order valence-electron chi connectivity index (χ1n) is 5.77. The first-order valence-corrected chi connectivity index (χ1v) is 6.58. The first kappa shape index (κ1) is 12.8. The Morgan fingerprint density at radius 2 is 2.22 bits per heavy atom. The number of hydrogen-bond donors (Lipinski definition) is 2. The molecule has 7 heteroatoms. The topological polar surface area (TPSA) is 83.6 Å². The van der Waals surface area contributed by atoms with Gasteiger partial charge in [-0.3, -0.25) is 4.79 Å². The number of hydrogen-bond acceptors (Lipinski definition) is 6. The molecule has 18 heavy (non-hydrogen) atoms. The van der Waals surface area contributed by atoms with Crippen LogP contribution < -0.4 is 10.9 Å². The molecule has 2 aromatic rings. The van der Waals surface area contributed by atoms with Gasteiger partial charge in [-0.25, -0.2) is 5.10 Å². The van der Waals surface area contributed by atoms with Crippen LogP contribution in [0.3, 0.4) is 0 Å². The average molecular weight is 265 g/mol. The van der Waals surface area contributed by atoms with Crippen LogP contribution in [0.5, 0.6) is 0 Å². The Balaban J connectivity index is 2.01. The van der Waals surface area contributed by atoms with Crippen LogP contribution in [0.1, 0.15) is 18.9 Å². The summed E-state index contributed by atoms with van der Waals surface area (Å²) in [5, 5.41) is 19.5. The molecule has 2 rings (SSSR count). The maximum absolute atomic E-state index is 10.9. The Hall–Kier alpha value is -1.60. The molecule has 0 amide bonds. The van der Waals surface area contributed by atoms with E-state index in [0.717, 1.165) is 23.0 Å². The standard InChI is InChI=1S/C11H15N5OS/c1-7(2)12-6-5-10-15-16-11(18-10)8-3-4-9(17)14-13-8/h3-4,7,12H,5-6H2,1-2H3,(H,14,17). The second-order valence-electron chi connectivity index (χ2n) is 4.17. The minimum atomic E-state index is -0.218. The van der Waals surface area contributed by atoms with E-state index in [1.54, 1.807) is 6.07 Å². The quantitative estimate of drug-likeness (QED) is 0.836. The largest absolute Gasteiger partial charge is 0.314 e. The van der Waals surface area contributed by atoms with Crippen LogP contribution in [0.2, 0.25) is 0 Å². The number of aromatic amines is 1. The van der Waals surface area contributed by atoms with Gasteiger partial charge in [-0.1, -0.05) is 25.2 Å². The molecule has 0 aliphatic heterocycles. The van der Waals surface area contributed by atoms with Gasteiger partial charge in [0, 0.05) is 25.1 Å². The third kappa shape index (κ3) is 3.44. The number of nitrogens with zero attached hydrogens (tertiary/aromatic N) is 3. The Bertz CT molecular complexity index is 542. The maximum Gasteiger partial charge on any atom is 0.264 e. The van der Waals surface area contributed by atoms with Crippen molar-refractivity contribution in [3.05, 3.63) is 27.5 Å². The van der Waals surface area contributed by atoms with Crippen LogP contribution in [0, 0.1) is 0 Å². The molecule has 0 spiro atoms. The van der Waals surface area contributed by atoms with E-state index < -0.39 is 0 Å². The molecule has 0 bridgehead atoms. The van der Waals surface area contributed by atoms with E-state index in [2.05, 4.69) is 39.6 Å². The summed E-state index contributed by atoms with van der Waals surface area (Å²) in [5.74, 6) is 0. The molecule has 2 heterocycles. The molecule has 2 N–H and O–H groups in total. The number of H-pyrrole nitrogens is 1. The highest BCUT2D eigenvalue weighted by atomic mass is 32.1. The highest BCUT2D eigenvalue weighted by molar-refractivity contribution is 7.14. The fourth-order valence-electron chi connectivity index (χ4n) is 1.39. The van der Waals surface area contributed by atoms with Crippen molar-refractivity contribution >= 4 is 11.3 Å². The van der Waals surface area contributed by atoms with E-state index in [9.17, 15) is 4.79 Å². The van der Waals surface area contributed by atoms with Gasteiger partial charge in [0.1, 0.15) is 10.7 Å². The molecule has 0 radical (unpaired) electrons. The van der Waals surface area contributed by atoms with E-state index >= 15 is 0 Å². The molecule has 0 aromatic carbocycles. The lowest BCUT2D eigenvalue weighted by atomic mass is 10.3. The Labute approximate surface area is 108 Å². The Morgan fingerprint density at radius 3 is 2.89 bits per heavy atom. The maximum atomic E-state index is 10.9. The first-order chi connectivity index (χ1) is 8.65. The van der Waals surface area contributed by atoms with E-state index in [1.165, 1.54) is 17.4 Å². The Morgan fingerprint density at radius 1 is 1.39 bits per heavy atom. The normalized spacial score (nSPS) is 11.1. The van der Waals surface area contributed by atoms with Crippen molar-refractivity contribution in [2.75, 3.05) is 6.54 Å². The van der Waals surface area contributed by atoms with E-state index in [-0.39, 0.29) is 5.56 Å². The smallest absolute Gasteiger partial charge is 0.264 e. The third-order valence-electron chi connectivity index (χ3n) is 2.26. The van der Waals surface area contributed by atoms with Gasteiger partial charge in [-0.05, 0) is 6.07 Å². The summed E-state index contributed by atoms with van der Waals surface area (Å²) in [5.41, 5.74) is 0.430. The van der Waals surface area contributed by atoms with Gasteiger partial charge in [0.05, 0.1) is 0 Å². The van der Waals surface area contributed by atoms with E-state index in [4.69, 9.17) is 0 Å². The molecule has 0 aliphatic rings. The predicted molar refractivity (Wildman–Crippen MR) is 70.6 cm³/mol. The van der Waals surface area contributed by atoms with Crippen molar-refractivity contribution in [1.82, 2.24) is 25.7 Å². The summed E-state index contributed by atoms with van der Waals surface area (Å²) in [6.45, 7) is 5.09. The average Bonchev–Trinajstić information content (AvgIpc) is 2.78. The number of rotatable bonds is 5. The van der Waals surface area contributed by atoms with Gasteiger partial charge in [0.25, 0.3) is 5.56 Å². The van der Waals surface area contributed by atoms with Crippen LogP contribution >= 0.6 is 11.3 Å². The van der Waals surface area contributed by atoms with Crippen LogP contribution in [0.15, 0.2) is 16.9 Å². The second-order valence-corrected chi connectivity index (χ2v) is 5.23. The summed E-state index contributed by atoms with van der Waals surface area (Å²) in [7, 11) is 0. The minimum Gasteiger partial charge on any atom is -0.314 e. The molecule has 0 saturated heterocycles. The minimum absolute atomic E-state index is 0.218. The van der Waals surface area contributed by atoms with Gasteiger partial charge < -0.3 is 5.32 Å². The van der Waals surface area contributed by atoms with Crippen molar-refractivity contribution in [2.45, 2.75) is 26.3 Å².